The highest BCUT2D eigenvalue weighted by atomic mass is 16.5. The molecule has 1 aromatic carbocycles. The van der Waals surface area contributed by atoms with E-state index in [1.54, 1.807) is 25.4 Å². The van der Waals surface area contributed by atoms with Crippen LogP contribution in [0.1, 0.15) is 11.1 Å². The van der Waals surface area contributed by atoms with Crippen molar-refractivity contribution < 1.29 is 14.3 Å². The number of ether oxygens (including phenoxy) is 2. The van der Waals surface area contributed by atoms with Crippen LogP contribution in [0.15, 0.2) is 48.7 Å². The maximum absolute atomic E-state index is 11.6. The van der Waals surface area contributed by atoms with Gasteiger partial charge in [0.15, 0.2) is 0 Å². The van der Waals surface area contributed by atoms with Crippen molar-refractivity contribution in [2.45, 2.75) is 13.2 Å². The van der Waals surface area contributed by atoms with E-state index in [4.69, 9.17) is 9.47 Å². The first kappa shape index (κ1) is 13.9. The van der Waals surface area contributed by atoms with Crippen molar-refractivity contribution in [1.82, 2.24) is 10.3 Å². The Hall–Kier alpha value is -2.56. The number of nitrogens with zero attached hydrogens (tertiary/aromatic N) is 1. The van der Waals surface area contributed by atoms with Crippen LogP contribution < -0.4 is 10.1 Å². The fourth-order valence-corrected chi connectivity index (χ4v) is 1.62. The van der Waals surface area contributed by atoms with Gasteiger partial charge in [0, 0.05) is 18.8 Å². The van der Waals surface area contributed by atoms with E-state index in [-0.39, 0.29) is 6.61 Å². The Kier molecular flexibility index (Phi) is 4.94. The fraction of sp³-hybridized carbons (Fsp3) is 0.200. The van der Waals surface area contributed by atoms with E-state index in [0.717, 1.165) is 11.1 Å². The number of amides is 1. The molecule has 0 aliphatic rings. The Bertz CT molecular complexity index is 558. The van der Waals surface area contributed by atoms with Crippen LogP contribution in [0.25, 0.3) is 0 Å². The number of rotatable bonds is 5. The fourth-order valence-electron chi connectivity index (χ4n) is 1.62. The molecule has 104 valence electrons. The number of aromatic nitrogens is 1. The quantitative estimate of drug-likeness (QED) is 0.908. The summed E-state index contributed by atoms with van der Waals surface area (Å²) in [5, 5.41) is 2.68. The highest BCUT2D eigenvalue weighted by Gasteiger charge is 2.03. The first-order valence-electron chi connectivity index (χ1n) is 6.21. The molecule has 0 unspecified atom stereocenters. The predicted molar refractivity (Wildman–Crippen MR) is 74.3 cm³/mol. The van der Waals surface area contributed by atoms with Gasteiger partial charge >= 0.3 is 6.09 Å². The van der Waals surface area contributed by atoms with Crippen molar-refractivity contribution in [1.29, 1.82) is 0 Å². The largest absolute Gasteiger partial charge is 0.481 e. The van der Waals surface area contributed by atoms with Gasteiger partial charge in [-0.25, -0.2) is 9.78 Å². The SMILES string of the molecule is COc1cc(CNC(=O)OCc2ccccc2)ccn1. The maximum Gasteiger partial charge on any atom is 0.407 e. The molecule has 1 N–H and O–H groups in total. The molecule has 0 atom stereocenters. The minimum Gasteiger partial charge on any atom is -0.481 e. The molecule has 0 radical (unpaired) electrons. The summed E-state index contributed by atoms with van der Waals surface area (Å²) in [6, 6.07) is 13.1. The molecule has 20 heavy (non-hydrogen) atoms. The van der Waals surface area contributed by atoms with E-state index in [1.807, 2.05) is 30.3 Å². The molecular weight excluding hydrogens is 256 g/mol. The van der Waals surface area contributed by atoms with E-state index in [0.29, 0.717) is 12.4 Å². The van der Waals surface area contributed by atoms with Gasteiger partial charge in [-0.3, -0.25) is 0 Å². The first-order valence-corrected chi connectivity index (χ1v) is 6.21. The molecule has 0 spiro atoms. The Labute approximate surface area is 117 Å². The van der Waals surface area contributed by atoms with E-state index in [9.17, 15) is 4.79 Å². The van der Waals surface area contributed by atoms with E-state index in [1.165, 1.54) is 0 Å². The van der Waals surface area contributed by atoms with Gasteiger partial charge in [-0.1, -0.05) is 30.3 Å². The average molecular weight is 272 g/mol. The highest BCUT2D eigenvalue weighted by Crippen LogP contribution is 2.08. The molecule has 0 aliphatic carbocycles. The third-order valence-corrected chi connectivity index (χ3v) is 2.66. The second-order valence-electron chi connectivity index (χ2n) is 4.12. The Morgan fingerprint density at radius 2 is 2.00 bits per heavy atom. The molecule has 0 saturated heterocycles. The standard InChI is InChI=1S/C15H16N2O3/c1-19-14-9-13(7-8-16-14)10-17-15(18)20-11-12-5-3-2-4-6-12/h2-9H,10-11H2,1H3,(H,17,18). The molecule has 0 bridgehead atoms. The van der Waals surface area contributed by atoms with Crippen molar-refractivity contribution in [3.63, 3.8) is 0 Å². The lowest BCUT2D eigenvalue weighted by molar-refractivity contribution is 0.139. The minimum atomic E-state index is -0.454. The van der Waals surface area contributed by atoms with Crippen LogP contribution in [0.2, 0.25) is 0 Å². The maximum atomic E-state index is 11.6. The summed E-state index contributed by atoms with van der Waals surface area (Å²) in [5.41, 5.74) is 1.85. The van der Waals surface area contributed by atoms with Crippen molar-refractivity contribution in [3.05, 3.63) is 59.8 Å². The van der Waals surface area contributed by atoms with Gasteiger partial charge in [0.05, 0.1) is 7.11 Å². The van der Waals surface area contributed by atoms with Crippen molar-refractivity contribution in [2.75, 3.05) is 7.11 Å². The number of alkyl carbamates (subject to hydrolysis) is 1. The lowest BCUT2D eigenvalue weighted by atomic mass is 10.2. The van der Waals surface area contributed by atoms with Gasteiger partial charge in [-0.2, -0.15) is 0 Å². The number of hydrogen-bond donors (Lipinski definition) is 1. The van der Waals surface area contributed by atoms with Crippen LogP contribution in [0.4, 0.5) is 4.79 Å². The zero-order valence-electron chi connectivity index (χ0n) is 11.2. The molecule has 1 heterocycles. The van der Waals surface area contributed by atoms with E-state index in [2.05, 4.69) is 10.3 Å². The third-order valence-electron chi connectivity index (χ3n) is 2.66. The van der Waals surface area contributed by atoms with E-state index >= 15 is 0 Å². The molecule has 2 rings (SSSR count). The molecule has 1 aromatic heterocycles. The number of nitrogens with one attached hydrogen (secondary N) is 1. The molecule has 1 amide bonds. The third kappa shape index (κ3) is 4.28. The molecule has 5 nitrogen and oxygen atoms in total. The van der Waals surface area contributed by atoms with Crippen LogP contribution in [0.3, 0.4) is 0 Å². The zero-order valence-corrected chi connectivity index (χ0v) is 11.2. The molecule has 0 saturated carbocycles. The van der Waals surface area contributed by atoms with Crippen molar-refractivity contribution >= 4 is 6.09 Å². The lowest BCUT2D eigenvalue weighted by Gasteiger charge is -2.07. The summed E-state index contributed by atoms with van der Waals surface area (Å²) in [6.07, 6.45) is 1.18. The van der Waals surface area contributed by atoms with Gasteiger partial charge in [-0.15, -0.1) is 0 Å². The normalized spacial score (nSPS) is 9.85. The summed E-state index contributed by atoms with van der Waals surface area (Å²) in [7, 11) is 1.55. The molecule has 0 fully saturated rings. The monoisotopic (exact) mass is 272 g/mol. The van der Waals surface area contributed by atoms with Gasteiger partial charge in [0.1, 0.15) is 6.61 Å². The van der Waals surface area contributed by atoms with Gasteiger partial charge in [-0.05, 0) is 17.2 Å². The van der Waals surface area contributed by atoms with Crippen molar-refractivity contribution in [3.8, 4) is 5.88 Å². The molecule has 0 aliphatic heterocycles. The summed E-state index contributed by atoms with van der Waals surface area (Å²) in [4.78, 5) is 15.6. The van der Waals surface area contributed by atoms with Gasteiger partial charge in [0.2, 0.25) is 5.88 Å². The average Bonchev–Trinajstić information content (AvgIpc) is 2.52. The summed E-state index contributed by atoms with van der Waals surface area (Å²) in [6.45, 7) is 0.624. The molecule has 2 aromatic rings. The number of methoxy groups -OCH3 is 1. The number of pyridine rings is 1. The lowest BCUT2D eigenvalue weighted by Crippen LogP contribution is -2.23. The Morgan fingerprint density at radius 3 is 2.75 bits per heavy atom. The Morgan fingerprint density at radius 1 is 1.20 bits per heavy atom. The summed E-state index contributed by atoms with van der Waals surface area (Å²) in [5.74, 6) is 0.516. The highest BCUT2D eigenvalue weighted by molar-refractivity contribution is 5.67. The molecule has 5 heteroatoms. The number of hydrogen-bond acceptors (Lipinski definition) is 4. The first-order chi connectivity index (χ1) is 9.78. The van der Waals surface area contributed by atoms with Gasteiger partial charge in [0.25, 0.3) is 0 Å². The number of carbonyl (C=O) groups excluding carboxylic acids is 1. The van der Waals surface area contributed by atoms with Crippen LogP contribution in [0, 0.1) is 0 Å². The Balaban J connectivity index is 1.77. The summed E-state index contributed by atoms with van der Waals surface area (Å²) >= 11 is 0. The van der Waals surface area contributed by atoms with Crippen molar-refractivity contribution in [2.24, 2.45) is 0 Å². The van der Waals surface area contributed by atoms with Gasteiger partial charge < -0.3 is 14.8 Å². The smallest absolute Gasteiger partial charge is 0.407 e. The van der Waals surface area contributed by atoms with Crippen LogP contribution in [-0.2, 0) is 17.9 Å². The van der Waals surface area contributed by atoms with Crippen LogP contribution in [-0.4, -0.2) is 18.2 Å². The van der Waals surface area contributed by atoms with E-state index < -0.39 is 6.09 Å². The van der Waals surface area contributed by atoms with Crippen LogP contribution >= 0.6 is 0 Å². The number of carbonyl (C=O) groups is 1. The zero-order chi connectivity index (χ0) is 14.2. The van der Waals surface area contributed by atoms with Crippen LogP contribution in [0.5, 0.6) is 5.88 Å². The second-order valence-corrected chi connectivity index (χ2v) is 4.12. The second kappa shape index (κ2) is 7.13. The number of benzene rings is 1. The minimum absolute atomic E-state index is 0.256. The topological polar surface area (TPSA) is 60.5 Å². The summed E-state index contributed by atoms with van der Waals surface area (Å²) < 4.78 is 10.1. The molecular formula is C15H16N2O3. The predicted octanol–water partition coefficient (Wildman–Crippen LogP) is 2.52.